The first-order chi connectivity index (χ1) is 15.5. The maximum Gasteiger partial charge on any atom is 0.308 e. The van der Waals surface area contributed by atoms with Crippen molar-refractivity contribution in [1.82, 2.24) is 9.88 Å². The molecule has 6 heteroatoms. The number of hydrogen-bond acceptors (Lipinski definition) is 5. The molecule has 174 valence electrons. The second kappa shape index (κ2) is 10.6. The van der Waals surface area contributed by atoms with Gasteiger partial charge in [0.15, 0.2) is 0 Å². The Morgan fingerprint density at radius 2 is 2.03 bits per heavy atom. The smallest absolute Gasteiger partial charge is 0.308 e. The van der Waals surface area contributed by atoms with Gasteiger partial charge in [-0.25, -0.2) is 0 Å². The van der Waals surface area contributed by atoms with E-state index in [1.807, 2.05) is 24.3 Å². The largest absolute Gasteiger partial charge is 0.497 e. The normalized spacial score (nSPS) is 23.8. The van der Waals surface area contributed by atoms with E-state index in [9.17, 15) is 15.0 Å². The molecule has 1 aliphatic carbocycles. The molecule has 0 radical (unpaired) electrons. The van der Waals surface area contributed by atoms with Crippen LogP contribution in [0.4, 0.5) is 0 Å². The zero-order valence-corrected chi connectivity index (χ0v) is 19.1. The summed E-state index contributed by atoms with van der Waals surface area (Å²) in [5.41, 5.74) is 1.65. The van der Waals surface area contributed by atoms with Crippen LogP contribution in [0, 0.1) is 17.8 Å². The number of benzene rings is 1. The summed E-state index contributed by atoms with van der Waals surface area (Å²) in [5, 5.41) is 21.8. The lowest BCUT2D eigenvalue weighted by molar-refractivity contribution is -0.146. The summed E-state index contributed by atoms with van der Waals surface area (Å²) in [6.07, 6.45) is 9.77. The molecule has 1 saturated heterocycles. The van der Waals surface area contributed by atoms with Crippen LogP contribution in [0.2, 0.25) is 0 Å². The number of aliphatic carboxylic acids is 1. The predicted octanol–water partition coefficient (Wildman–Crippen LogP) is 4.66. The van der Waals surface area contributed by atoms with E-state index < -0.39 is 12.1 Å². The standard InChI is InChI=1S/C26H36N2O4/c1-32-20-8-9-24-22(15-20)21(11-13-27-24)25(29)10-7-19-12-14-28(17-23(19)26(30)31)16-18-5-3-2-4-6-18/h8-9,11,13,15,18-19,23,25,29H,2-7,10,12,14,16-17H2,1H3,(H,30,31)/t19-,23+,25-/m1/s1. The summed E-state index contributed by atoms with van der Waals surface area (Å²) in [6.45, 7) is 2.66. The number of carboxylic acid groups (broad SMARTS) is 1. The van der Waals surface area contributed by atoms with Gasteiger partial charge in [0, 0.05) is 24.7 Å². The van der Waals surface area contributed by atoms with Gasteiger partial charge in [0.1, 0.15) is 5.75 Å². The number of likely N-dealkylation sites (tertiary alicyclic amines) is 1. The number of aliphatic hydroxyl groups excluding tert-OH is 1. The van der Waals surface area contributed by atoms with Crippen molar-refractivity contribution < 1.29 is 19.7 Å². The van der Waals surface area contributed by atoms with Gasteiger partial charge in [0.05, 0.1) is 24.6 Å². The van der Waals surface area contributed by atoms with Gasteiger partial charge in [-0.05, 0) is 80.3 Å². The van der Waals surface area contributed by atoms with Crippen LogP contribution in [-0.4, -0.2) is 52.8 Å². The van der Waals surface area contributed by atoms with E-state index in [4.69, 9.17) is 4.74 Å². The molecule has 1 aromatic carbocycles. The minimum absolute atomic E-state index is 0.104. The molecule has 2 N–H and O–H groups in total. The number of hydrogen-bond donors (Lipinski definition) is 2. The Morgan fingerprint density at radius 1 is 1.22 bits per heavy atom. The average molecular weight is 441 g/mol. The number of pyridine rings is 1. The number of rotatable bonds is 8. The monoisotopic (exact) mass is 440 g/mol. The summed E-state index contributed by atoms with van der Waals surface area (Å²) in [5.74, 6) is 0.516. The molecule has 0 spiro atoms. The van der Waals surface area contributed by atoms with Crippen molar-refractivity contribution in [3.8, 4) is 5.75 Å². The first-order valence-electron chi connectivity index (χ1n) is 12.1. The molecule has 1 saturated carbocycles. The number of ether oxygens (including phenoxy) is 1. The van der Waals surface area contributed by atoms with Gasteiger partial charge in [-0.1, -0.05) is 19.3 Å². The minimum atomic E-state index is -0.697. The molecule has 2 aromatic rings. The quantitative estimate of drug-likeness (QED) is 0.621. The Hall–Kier alpha value is -2.18. The third-order valence-electron chi connectivity index (χ3n) is 7.55. The van der Waals surface area contributed by atoms with Crippen molar-refractivity contribution in [2.24, 2.45) is 17.8 Å². The number of aliphatic hydroxyl groups is 1. The van der Waals surface area contributed by atoms with Gasteiger partial charge >= 0.3 is 5.97 Å². The highest BCUT2D eigenvalue weighted by Crippen LogP contribution is 2.34. The second-order valence-corrected chi connectivity index (χ2v) is 9.63. The lowest BCUT2D eigenvalue weighted by Gasteiger charge is -2.39. The van der Waals surface area contributed by atoms with Crippen molar-refractivity contribution >= 4 is 16.9 Å². The van der Waals surface area contributed by atoms with Crippen LogP contribution in [0.1, 0.15) is 63.0 Å². The molecule has 2 aliphatic rings. The van der Waals surface area contributed by atoms with E-state index in [0.29, 0.717) is 19.4 Å². The molecule has 0 amide bonds. The van der Waals surface area contributed by atoms with Gasteiger partial charge in [0.2, 0.25) is 0 Å². The number of carbonyl (C=O) groups is 1. The number of methoxy groups -OCH3 is 1. The van der Waals surface area contributed by atoms with E-state index in [1.54, 1.807) is 13.3 Å². The molecule has 3 atom stereocenters. The third kappa shape index (κ3) is 5.41. The van der Waals surface area contributed by atoms with Crippen molar-refractivity contribution in [3.63, 3.8) is 0 Å². The molecule has 1 aromatic heterocycles. The van der Waals surface area contributed by atoms with Crippen LogP contribution in [0.5, 0.6) is 5.75 Å². The van der Waals surface area contributed by atoms with Gasteiger partial charge in [0.25, 0.3) is 0 Å². The van der Waals surface area contributed by atoms with E-state index in [2.05, 4.69) is 9.88 Å². The van der Waals surface area contributed by atoms with Crippen LogP contribution >= 0.6 is 0 Å². The molecular weight excluding hydrogens is 404 g/mol. The summed E-state index contributed by atoms with van der Waals surface area (Å²) in [4.78, 5) is 18.8. The predicted molar refractivity (Wildman–Crippen MR) is 125 cm³/mol. The molecule has 4 rings (SSSR count). The lowest BCUT2D eigenvalue weighted by Crippen LogP contribution is -2.45. The fourth-order valence-corrected chi connectivity index (χ4v) is 5.69. The zero-order valence-electron chi connectivity index (χ0n) is 19.1. The summed E-state index contributed by atoms with van der Waals surface area (Å²) in [6, 6.07) is 7.52. The van der Waals surface area contributed by atoms with E-state index in [0.717, 1.165) is 47.6 Å². The highest BCUT2D eigenvalue weighted by molar-refractivity contribution is 5.83. The van der Waals surface area contributed by atoms with Gasteiger partial charge in [-0.3, -0.25) is 9.78 Å². The number of aromatic nitrogens is 1. The number of nitrogens with zero attached hydrogens (tertiary/aromatic N) is 2. The van der Waals surface area contributed by atoms with Crippen LogP contribution in [0.3, 0.4) is 0 Å². The maximum absolute atomic E-state index is 12.1. The number of fused-ring (bicyclic) bond motifs is 1. The fraction of sp³-hybridized carbons (Fsp3) is 0.615. The molecular formula is C26H36N2O4. The summed E-state index contributed by atoms with van der Waals surface area (Å²) >= 11 is 0. The van der Waals surface area contributed by atoms with Crippen molar-refractivity contribution in [2.45, 2.75) is 57.5 Å². The highest BCUT2D eigenvalue weighted by Gasteiger charge is 2.35. The Balaban J connectivity index is 1.38. The Labute approximate surface area is 190 Å². The molecule has 0 unspecified atom stereocenters. The molecule has 0 bridgehead atoms. The van der Waals surface area contributed by atoms with Gasteiger partial charge in [-0.15, -0.1) is 0 Å². The van der Waals surface area contributed by atoms with Crippen LogP contribution in [0.15, 0.2) is 30.5 Å². The topological polar surface area (TPSA) is 82.9 Å². The van der Waals surface area contributed by atoms with Crippen LogP contribution in [-0.2, 0) is 4.79 Å². The average Bonchev–Trinajstić information content (AvgIpc) is 2.82. The van der Waals surface area contributed by atoms with Crippen molar-refractivity contribution in [2.75, 3.05) is 26.7 Å². The minimum Gasteiger partial charge on any atom is -0.497 e. The zero-order chi connectivity index (χ0) is 22.5. The van der Waals surface area contributed by atoms with E-state index in [-0.39, 0.29) is 11.8 Å². The SMILES string of the molecule is COc1ccc2nccc([C@H](O)CC[C@@H]3CCN(CC4CCCCC4)C[C@@H]3C(=O)O)c2c1. The number of piperidine rings is 1. The molecule has 6 nitrogen and oxygen atoms in total. The van der Waals surface area contributed by atoms with Crippen LogP contribution < -0.4 is 4.74 Å². The summed E-state index contributed by atoms with van der Waals surface area (Å²) in [7, 11) is 1.63. The Morgan fingerprint density at radius 3 is 2.78 bits per heavy atom. The Kier molecular flexibility index (Phi) is 7.63. The van der Waals surface area contributed by atoms with Crippen molar-refractivity contribution in [1.29, 1.82) is 0 Å². The first-order valence-corrected chi connectivity index (χ1v) is 12.1. The van der Waals surface area contributed by atoms with E-state index >= 15 is 0 Å². The van der Waals surface area contributed by atoms with Crippen LogP contribution in [0.25, 0.3) is 10.9 Å². The maximum atomic E-state index is 12.1. The second-order valence-electron chi connectivity index (χ2n) is 9.63. The van der Waals surface area contributed by atoms with Gasteiger partial charge in [-0.2, -0.15) is 0 Å². The molecule has 2 fully saturated rings. The molecule has 2 heterocycles. The van der Waals surface area contributed by atoms with Crippen molar-refractivity contribution in [3.05, 3.63) is 36.0 Å². The number of carboxylic acids is 1. The molecule has 1 aliphatic heterocycles. The first kappa shape index (κ1) is 23.0. The third-order valence-corrected chi connectivity index (χ3v) is 7.55. The lowest BCUT2D eigenvalue weighted by atomic mass is 9.80. The highest BCUT2D eigenvalue weighted by atomic mass is 16.5. The fourth-order valence-electron chi connectivity index (χ4n) is 5.69. The Bertz CT molecular complexity index is 912. The molecule has 32 heavy (non-hydrogen) atoms. The van der Waals surface area contributed by atoms with E-state index in [1.165, 1.54) is 32.1 Å². The van der Waals surface area contributed by atoms with Gasteiger partial charge < -0.3 is 19.8 Å². The summed E-state index contributed by atoms with van der Waals surface area (Å²) < 4.78 is 5.34.